The molecule has 27 heavy (non-hydrogen) atoms. The fraction of sp³-hybridized carbons (Fsp3) is 0.381. The number of carbonyl (C=O) groups is 1. The van der Waals surface area contributed by atoms with E-state index < -0.39 is 19.6 Å². The van der Waals surface area contributed by atoms with Crippen LogP contribution in [-0.4, -0.2) is 19.2 Å². The molecule has 0 N–H and O–H groups in total. The lowest BCUT2D eigenvalue weighted by Crippen LogP contribution is -2.39. The van der Waals surface area contributed by atoms with Gasteiger partial charge in [0, 0.05) is 11.0 Å². The van der Waals surface area contributed by atoms with E-state index in [9.17, 15) is 9.69 Å². The quantitative estimate of drug-likeness (QED) is 0.573. The number of hydrogen-bond donors (Lipinski definition) is 0. The molecular formula is C21H25O5P. The van der Waals surface area contributed by atoms with Gasteiger partial charge in [-0.2, -0.15) is 0 Å². The molecule has 0 amide bonds. The normalized spacial score (nSPS) is 19.3. The summed E-state index contributed by atoms with van der Waals surface area (Å²) in [4.78, 5) is 26.3. The van der Waals surface area contributed by atoms with Gasteiger partial charge < -0.3 is 9.63 Å². The van der Waals surface area contributed by atoms with E-state index in [1.54, 1.807) is 12.1 Å². The summed E-state index contributed by atoms with van der Waals surface area (Å²) in [6.07, 6.45) is 0. The molecule has 2 aromatic carbocycles. The number of benzene rings is 2. The largest absolute Gasteiger partial charge is 0.630 e. The zero-order valence-electron chi connectivity index (χ0n) is 15.9. The minimum Gasteiger partial charge on any atom is -0.630 e. The van der Waals surface area contributed by atoms with Crippen LogP contribution >= 0.6 is 7.94 Å². The third kappa shape index (κ3) is 4.94. The highest BCUT2D eigenvalue weighted by atomic mass is 31.2. The van der Waals surface area contributed by atoms with Crippen molar-refractivity contribution in [3.8, 4) is 0 Å². The third-order valence-electron chi connectivity index (χ3n) is 4.43. The molecule has 0 spiro atoms. The van der Waals surface area contributed by atoms with Crippen molar-refractivity contribution in [1.29, 1.82) is 0 Å². The average molecular weight is 388 g/mol. The summed E-state index contributed by atoms with van der Waals surface area (Å²) in [5.41, 5.74) is 1.12. The van der Waals surface area contributed by atoms with E-state index in [2.05, 4.69) is 0 Å². The molecule has 1 unspecified atom stereocenters. The van der Waals surface area contributed by atoms with Crippen LogP contribution in [-0.2, 0) is 25.2 Å². The van der Waals surface area contributed by atoms with E-state index in [1.165, 1.54) is 0 Å². The summed E-state index contributed by atoms with van der Waals surface area (Å²) in [5.74, 6) is -0.606. The molecule has 0 bridgehead atoms. The van der Waals surface area contributed by atoms with E-state index in [1.807, 2.05) is 63.2 Å². The van der Waals surface area contributed by atoms with Gasteiger partial charge in [-0.25, -0.2) is 13.8 Å². The maximum atomic E-state index is 13.4. The van der Waals surface area contributed by atoms with Crippen molar-refractivity contribution in [2.24, 2.45) is 5.41 Å². The van der Waals surface area contributed by atoms with Crippen LogP contribution in [0.2, 0.25) is 0 Å². The molecule has 2 aromatic rings. The number of carbonyl (C=O) groups excluding carboxylic acids is 1. The summed E-state index contributed by atoms with van der Waals surface area (Å²) in [6, 6.07) is 16.7. The van der Waals surface area contributed by atoms with Gasteiger partial charge >= 0.3 is 5.97 Å². The van der Waals surface area contributed by atoms with Gasteiger partial charge in [-0.05, 0) is 12.5 Å². The second kappa shape index (κ2) is 8.07. The molecule has 1 aliphatic heterocycles. The van der Waals surface area contributed by atoms with Crippen molar-refractivity contribution in [3.63, 3.8) is 0 Å². The van der Waals surface area contributed by atoms with Crippen LogP contribution in [0.3, 0.4) is 0 Å². The van der Waals surface area contributed by atoms with Gasteiger partial charge in [-0.15, -0.1) is 0 Å². The molecule has 0 radical (unpaired) electrons. The molecule has 144 valence electrons. The van der Waals surface area contributed by atoms with Gasteiger partial charge in [0.25, 0.3) is 7.94 Å². The van der Waals surface area contributed by atoms with Crippen LogP contribution in [0.4, 0.5) is 0 Å². The Hall–Kier alpha value is -1.78. The van der Waals surface area contributed by atoms with Gasteiger partial charge in [-0.1, -0.05) is 74.0 Å². The SMILES string of the molecule is Cc1ccc(C(C(=O)OCc2ccccc2)[P+]2([O-])OCC(C)(C)CO2)cc1. The molecule has 0 saturated carbocycles. The molecule has 1 atom stereocenters. The van der Waals surface area contributed by atoms with Gasteiger partial charge in [0.05, 0.1) is 0 Å². The van der Waals surface area contributed by atoms with Crippen LogP contribution in [0, 0.1) is 12.3 Å². The maximum Gasteiger partial charge on any atom is 0.357 e. The highest BCUT2D eigenvalue weighted by Crippen LogP contribution is 2.67. The van der Waals surface area contributed by atoms with Crippen molar-refractivity contribution in [1.82, 2.24) is 0 Å². The molecule has 1 heterocycles. The predicted octanol–water partition coefficient (Wildman–Crippen LogP) is 3.98. The first-order valence-corrected chi connectivity index (χ1v) is 10.6. The second-order valence-electron chi connectivity index (χ2n) is 7.66. The van der Waals surface area contributed by atoms with Crippen molar-refractivity contribution in [2.75, 3.05) is 13.2 Å². The smallest absolute Gasteiger partial charge is 0.357 e. The van der Waals surface area contributed by atoms with E-state index >= 15 is 0 Å². The highest BCUT2D eigenvalue weighted by molar-refractivity contribution is 7.60. The lowest BCUT2D eigenvalue weighted by atomic mass is 9.97. The van der Waals surface area contributed by atoms with Crippen LogP contribution in [0.15, 0.2) is 54.6 Å². The molecule has 1 fully saturated rings. The first-order valence-electron chi connectivity index (χ1n) is 8.95. The summed E-state index contributed by atoms with van der Waals surface area (Å²) in [6.45, 7) is 6.51. The first kappa shape index (κ1) is 20.0. The molecule has 0 aromatic heterocycles. The number of rotatable bonds is 5. The van der Waals surface area contributed by atoms with E-state index in [0.717, 1.165) is 11.1 Å². The van der Waals surface area contributed by atoms with Gasteiger partial charge in [0.2, 0.25) is 5.66 Å². The Morgan fingerprint density at radius 2 is 1.70 bits per heavy atom. The Kier molecular flexibility index (Phi) is 5.97. The topological polar surface area (TPSA) is 67.8 Å². The van der Waals surface area contributed by atoms with Crippen LogP contribution < -0.4 is 4.89 Å². The van der Waals surface area contributed by atoms with E-state index in [-0.39, 0.29) is 25.2 Å². The molecule has 3 rings (SSSR count). The molecule has 0 aliphatic carbocycles. The average Bonchev–Trinajstić information content (AvgIpc) is 2.66. The summed E-state index contributed by atoms with van der Waals surface area (Å²) in [7, 11) is -3.69. The summed E-state index contributed by atoms with van der Waals surface area (Å²) < 4.78 is 16.7. The van der Waals surface area contributed by atoms with E-state index in [0.29, 0.717) is 5.56 Å². The van der Waals surface area contributed by atoms with Gasteiger partial charge in [0.1, 0.15) is 19.8 Å². The Balaban J connectivity index is 1.83. The van der Waals surface area contributed by atoms with Crippen molar-refractivity contribution in [2.45, 2.75) is 33.0 Å². The summed E-state index contributed by atoms with van der Waals surface area (Å²) in [5, 5.41) is 0. The Bertz CT molecular complexity index is 763. The lowest BCUT2D eigenvalue weighted by molar-refractivity contribution is -0.237. The van der Waals surface area contributed by atoms with Gasteiger partial charge in [-0.3, -0.25) is 0 Å². The standard InChI is InChI=1S/C21H25O5P/c1-16-9-11-18(12-10-16)19(27(23)25-14-21(2,3)15-26-27)20(22)24-13-17-7-5-4-6-8-17/h4-12,19H,13-15H2,1-3H3. The van der Waals surface area contributed by atoms with Crippen LogP contribution in [0.25, 0.3) is 0 Å². The number of esters is 1. The van der Waals surface area contributed by atoms with Crippen LogP contribution in [0.5, 0.6) is 0 Å². The zero-order valence-corrected chi connectivity index (χ0v) is 16.8. The first-order chi connectivity index (χ1) is 12.8. The van der Waals surface area contributed by atoms with E-state index in [4.69, 9.17) is 13.8 Å². The van der Waals surface area contributed by atoms with Crippen molar-refractivity contribution in [3.05, 3.63) is 71.3 Å². The highest BCUT2D eigenvalue weighted by Gasteiger charge is 2.52. The second-order valence-corrected chi connectivity index (χ2v) is 9.77. The van der Waals surface area contributed by atoms with Crippen molar-refractivity contribution >= 4 is 13.9 Å². The Morgan fingerprint density at radius 1 is 1.11 bits per heavy atom. The number of ether oxygens (including phenoxy) is 1. The molecule has 1 aliphatic rings. The fourth-order valence-corrected chi connectivity index (χ4v) is 5.06. The summed E-state index contributed by atoms with van der Waals surface area (Å²) >= 11 is 0. The Morgan fingerprint density at radius 3 is 2.30 bits per heavy atom. The third-order valence-corrected chi connectivity index (χ3v) is 6.55. The van der Waals surface area contributed by atoms with Gasteiger partial charge in [0.15, 0.2) is 0 Å². The maximum absolute atomic E-state index is 13.4. The number of hydrogen-bond acceptors (Lipinski definition) is 5. The molecule has 6 heteroatoms. The Labute approximate surface area is 160 Å². The predicted molar refractivity (Wildman–Crippen MR) is 103 cm³/mol. The number of aryl methyl sites for hydroxylation is 1. The fourth-order valence-electron chi connectivity index (χ4n) is 2.76. The van der Waals surface area contributed by atoms with Crippen LogP contribution in [0.1, 0.15) is 36.2 Å². The van der Waals surface area contributed by atoms with Crippen molar-refractivity contribution < 1.29 is 23.5 Å². The molecule has 5 nitrogen and oxygen atoms in total. The zero-order chi connectivity index (χ0) is 19.5. The minimum atomic E-state index is -3.69. The monoisotopic (exact) mass is 388 g/mol. The molecule has 1 saturated heterocycles. The lowest BCUT2D eigenvalue weighted by Gasteiger charge is -2.40. The molecular weight excluding hydrogens is 363 g/mol. The minimum absolute atomic E-state index is 0.105.